The van der Waals surface area contributed by atoms with Crippen LogP contribution in [0.4, 0.5) is 0 Å². The molecule has 0 aliphatic heterocycles. The highest BCUT2D eigenvalue weighted by atomic mass is 35.5. The number of rotatable bonds is 4. The molecule has 0 saturated carbocycles. The summed E-state index contributed by atoms with van der Waals surface area (Å²) in [6.07, 6.45) is 2.12. The van der Waals surface area contributed by atoms with Gasteiger partial charge in [-0.25, -0.2) is 0 Å². The first-order valence-corrected chi connectivity index (χ1v) is 7.46. The molecular weight excluding hydrogens is 298 g/mol. The Bertz CT molecular complexity index is 851. The molecule has 0 aliphatic rings. The molecule has 0 radical (unpaired) electrons. The Kier molecular flexibility index (Phi) is 3.90. The third-order valence-corrected chi connectivity index (χ3v) is 4.17. The molecule has 0 amide bonds. The van der Waals surface area contributed by atoms with Crippen molar-refractivity contribution >= 4 is 28.5 Å². The van der Waals surface area contributed by atoms with Gasteiger partial charge in [-0.05, 0) is 35.7 Å². The second-order valence-electron chi connectivity index (χ2n) is 5.45. The van der Waals surface area contributed by atoms with E-state index in [1.807, 2.05) is 42.5 Å². The van der Waals surface area contributed by atoms with E-state index in [2.05, 4.69) is 17.7 Å². The van der Waals surface area contributed by atoms with E-state index in [0.717, 1.165) is 27.1 Å². The average molecular weight is 314 g/mol. The second kappa shape index (κ2) is 5.85. The molecule has 1 aromatic heterocycles. The Morgan fingerprint density at radius 3 is 2.73 bits per heavy atom. The molecule has 3 nitrogen and oxygen atoms in total. The number of halogens is 1. The summed E-state index contributed by atoms with van der Waals surface area (Å²) in [5, 5.41) is 10.8. The van der Waals surface area contributed by atoms with Crippen LogP contribution in [0.2, 0.25) is 5.02 Å². The van der Waals surface area contributed by atoms with E-state index >= 15 is 0 Å². The van der Waals surface area contributed by atoms with Crippen molar-refractivity contribution in [1.29, 1.82) is 0 Å². The predicted octanol–water partition coefficient (Wildman–Crippen LogP) is 4.28. The fourth-order valence-corrected chi connectivity index (χ4v) is 2.94. The Labute approximate surface area is 133 Å². The number of carboxylic acid groups (broad SMARTS) is 1. The lowest BCUT2D eigenvalue weighted by molar-refractivity contribution is -0.136. The number of benzene rings is 2. The molecule has 112 valence electrons. The molecule has 3 rings (SSSR count). The average Bonchev–Trinajstić information content (AvgIpc) is 2.77. The highest BCUT2D eigenvalue weighted by molar-refractivity contribution is 6.31. The summed E-state index contributed by atoms with van der Waals surface area (Å²) in [7, 11) is 0. The fourth-order valence-electron chi connectivity index (χ4n) is 2.75. The summed E-state index contributed by atoms with van der Waals surface area (Å²) >= 11 is 6.24. The first-order chi connectivity index (χ1) is 10.5. The van der Waals surface area contributed by atoms with Crippen molar-refractivity contribution in [3.05, 3.63) is 70.4 Å². The molecule has 0 fully saturated rings. The number of aryl methyl sites for hydroxylation is 1. The Morgan fingerprint density at radius 1 is 1.23 bits per heavy atom. The minimum absolute atomic E-state index is 0.0340. The van der Waals surface area contributed by atoms with Crippen molar-refractivity contribution in [2.75, 3.05) is 0 Å². The van der Waals surface area contributed by atoms with Gasteiger partial charge in [-0.15, -0.1) is 0 Å². The van der Waals surface area contributed by atoms with Crippen molar-refractivity contribution in [2.45, 2.75) is 19.9 Å². The van der Waals surface area contributed by atoms with E-state index in [4.69, 9.17) is 16.7 Å². The predicted molar refractivity (Wildman–Crippen MR) is 88.6 cm³/mol. The standard InChI is InChI=1S/C18H16ClNO2/c1-12-10-20(11-14-4-2-3-5-16(14)19)17-8-13(9-18(21)22)6-7-15(12)17/h2-8,10H,9,11H2,1H3,(H,21,22). The zero-order valence-corrected chi connectivity index (χ0v) is 13.0. The number of aliphatic carboxylic acids is 1. The van der Waals surface area contributed by atoms with Crippen molar-refractivity contribution in [3.8, 4) is 0 Å². The van der Waals surface area contributed by atoms with E-state index in [1.54, 1.807) is 0 Å². The third kappa shape index (κ3) is 2.85. The lowest BCUT2D eigenvalue weighted by atomic mass is 10.1. The van der Waals surface area contributed by atoms with Gasteiger partial charge < -0.3 is 9.67 Å². The van der Waals surface area contributed by atoms with E-state index in [-0.39, 0.29) is 6.42 Å². The molecule has 1 N–H and O–H groups in total. The van der Waals surface area contributed by atoms with Gasteiger partial charge in [-0.3, -0.25) is 4.79 Å². The molecule has 22 heavy (non-hydrogen) atoms. The van der Waals surface area contributed by atoms with Crippen LogP contribution in [-0.2, 0) is 17.8 Å². The number of aromatic nitrogens is 1. The van der Waals surface area contributed by atoms with E-state index in [1.165, 1.54) is 5.56 Å². The van der Waals surface area contributed by atoms with E-state index in [0.29, 0.717) is 6.54 Å². The van der Waals surface area contributed by atoms with Crippen LogP contribution in [0.25, 0.3) is 10.9 Å². The first-order valence-electron chi connectivity index (χ1n) is 7.08. The van der Waals surface area contributed by atoms with Crippen LogP contribution in [0.5, 0.6) is 0 Å². The van der Waals surface area contributed by atoms with Gasteiger partial charge in [-0.2, -0.15) is 0 Å². The highest BCUT2D eigenvalue weighted by Gasteiger charge is 2.09. The quantitative estimate of drug-likeness (QED) is 0.781. The van der Waals surface area contributed by atoms with E-state index < -0.39 is 5.97 Å². The summed E-state index contributed by atoms with van der Waals surface area (Å²) in [5.74, 6) is -0.819. The molecule has 4 heteroatoms. The molecule has 3 aromatic rings. The summed E-state index contributed by atoms with van der Waals surface area (Å²) < 4.78 is 2.12. The van der Waals surface area contributed by atoms with Gasteiger partial charge in [0.1, 0.15) is 0 Å². The maximum Gasteiger partial charge on any atom is 0.307 e. The summed E-state index contributed by atoms with van der Waals surface area (Å²) in [6, 6.07) is 13.6. The van der Waals surface area contributed by atoms with Crippen molar-refractivity contribution in [3.63, 3.8) is 0 Å². The van der Waals surface area contributed by atoms with Crippen LogP contribution < -0.4 is 0 Å². The number of carbonyl (C=O) groups is 1. The largest absolute Gasteiger partial charge is 0.481 e. The Balaban J connectivity index is 2.05. The topological polar surface area (TPSA) is 42.2 Å². The van der Waals surface area contributed by atoms with Gasteiger partial charge in [0.25, 0.3) is 0 Å². The fraction of sp³-hybridized carbons (Fsp3) is 0.167. The van der Waals surface area contributed by atoms with E-state index in [9.17, 15) is 4.79 Å². The molecule has 2 aromatic carbocycles. The maximum atomic E-state index is 10.9. The van der Waals surface area contributed by atoms with Crippen LogP contribution in [0.3, 0.4) is 0 Å². The molecule has 0 unspecified atom stereocenters. The van der Waals surface area contributed by atoms with Gasteiger partial charge in [0.15, 0.2) is 0 Å². The van der Waals surface area contributed by atoms with Crippen molar-refractivity contribution in [1.82, 2.24) is 4.57 Å². The van der Waals surface area contributed by atoms with Crippen molar-refractivity contribution in [2.24, 2.45) is 0 Å². The van der Waals surface area contributed by atoms with Gasteiger partial charge in [0.05, 0.1) is 6.42 Å². The number of hydrogen-bond acceptors (Lipinski definition) is 1. The summed E-state index contributed by atoms with van der Waals surface area (Å²) in [4.78, 5) is 10.9. The van der Waals surface area contributed by atoms with Gasteiger partial charge in [-0.1, -0.05) is 41.9 Å². The Morgan fingerprint density at radius 2 is 2.00 bits per heavy atom. The highest BCUT2D eigenvalue weighted by Crippen LogP contribution is 2.25. The van der Waals surface area contributed by atoms with Crippen LogP contribution in [0, 0.1) is 6.92 Å². The summed E-state index contributed by atoms with van der Waals surface area (Å²) in [5.41, 5.74) is 4.06. The minimum Gasteiger partial charge on any atom is -0.481 e. The maximum absolute atomic E-state index is 10.9. The van der Waals surface area contributed by atoms with Crippen LogP contribution in [0.15, 0.2) is 48.7 Å². The molecule has 0 aliphatic carbocycles. The zero-order chi connectivity index (χ0) is 15.7. The normalized spacial score (nSPS) is 11.0. The smallest absolute Gasteiger partial charge is 0.307 e. The molecule has 0 atom stereocenters. The lowest BCUT2D eigenvalue weighted by Gasteiger charge is -2.08. The molecule has 1 heterocycles. The summed E-state index contributed by atoms with van der Waals surface area (Å²) in [6.45, 7) is 2.73. The lowest BCUT2D eigenvalue weighted by Crippen LogP contribution is -2.01. The Hall–Kier alpha value is -2.26. The number of fused-ring (bicyclic) bond motifs is 1. The van der Waals surface area contributed by atoms with Gasteiger partial charge >= 0.3 is 5.97 Å². The SMILES string of the molecule is Cc1cn(Cc2ccccc2Cl)c2cc(CC(=O)O)ccc12. The number of hydrogen-bond donors (Lipinski definition) is 1. The zero-order valence-electron chi connectivity index (χ0n) is 12.2. The molecular formula is C18H16ClNO2. The monoisotopic (exact) mass is 313 g/mol. The third-order valence-electron chi connectivity index (χ3n) is 3.80. The van der Waals surface area contributed by atoms with Crippen LogP contribution in [-0.4, -0.2) is 15.6 Å². The first kappa shape index (κ1) is 14.7. The minimum atomic E-state index is -0.819. The number of nitrogens with zero attached hydrogens (tertiary/aromatic N) is 1. The van der Waals surface area contributed by atoms with Crippen molar-refractivity contribution < 1.29 is 9.90 Å². The van der Waals surface area contributed by atoms with Gasteiger partial charge in [0.2, 0.25) is 0 Å². The molecule has 0 spiro atoms. The van der Waals surface area contributed by atoms with Crippen LogP contribution >= 0.6 is 11.6 Å². The number of carboxylic acids is 1. The molecule has 0 saturated heterocycles. The van der Waals surface area contributed by atoms with Crippen LogP contribution in [0.1, 0.15) is 16.7 Å². The second-order valence-corrected chi connectivity index (χ2v) is 5.86. The molecule has 0 bridgehead atoms. The van der Waals surface area contributed by atoms with Gasteiger partial charge in [0, 0.05) is 28.7 Å².